The van der Waals surface area contributed by atoms with Gasteiger partial charge in [0.15, 0.2) is 0 Å². The molecule has 6 aromatic carbocycles. The number of nitrogens with zero attached hydrogens (tertiary/aromatic N) is 3. The van der Waals surface area contributed by atoms with E-state index >= 15 is 0 Å². The number of benzene rings is 6. The van der Waals surface area contributed by atoms with Crippen LogP contribution in [0.15, 0.2) is 174 Å². The average molecular weight is 800 g/mol. The van der Waals surface area contributed by atoms with Gasteiger partial charge in [-0.3, -0.25) is 5.32 Å². The van der Waals surface area contributed by atoms with Crippen LogP contribution >= 0.6 is 0 Å². The third kappa shape index (κ3) is 5.62. The molecule has 0 spiro atoms. The lowest BCUT2D eigenvalue weighted by Crippen LogP contribution is -2.44. The van der Waals surface area contributed by atoms with Crippen molar-refractivity contribution in [3.63, 3.8) is 0 Å². The predicted molar refractivity (Wildman–Crippen MR) is 256 cm³/mol. The molecule has 3 heterocycles. The number of aryl methyl sites for hydroxylation is 1. The van der Waals surface area contributed by atoms with Crippen molar-refractivity contribution in [1.82, 2.24) is 19.8 Å². The number of aliphatic imine (C=N–C) groups is 1. The zero-order valence-electron chi connectivity index (χ0n) is 34.4. The highest BCUT2D eigenvalue weighted by molar-refractivity contribution is 6.11. The van der Waals surface area contributed by atoms with Crippen LogP contribution in [-0.2, 0) is 12.8 Å². The number of hydrogen-bond acceptors (Lipinski definition) is 3. The van der Waals surface area contributed by atoms with Crippen LogP contribution in [0, 0.1) is 5.92 Å². The molecule has 3 atom stereocenters. The molecule has 3 unspecified atom stereocenters. The highest BCUT2D eigenvalue weighted by Crippen LogP contribution is 2.41. The summed E-state index contributed by atoms with van der Waals surface area (Å²) in [6, 6.07) is 49.0. The van der Waals surface area contributed by atoms with Crippen molar-refractivity contribution in [3.05, 3.63) is 219 Å². The number of nitrogens with one attached hydrogen (secondary N) is 2. The molecule has 2 aromatic heterocycles. The van der Waals surface area contributed by atoms with Crippen molar-refractivity contribution in [3.8, 4) is 5.69 Å². The van der Waals surface area contributed by atoms with Crippen molar-refractivity contribution < 1.29 is 0 Å². The SMILES string of the molecule is C1=CCC2C(=C1)C=c1c(c3c(n1-c1ccc4ccc(C5NC(c6ccccc6)=NC(c6ccccc6)N5)cc4c1)CCC=C3)=C2n1c2ccccc2c2cc3c(cc21)CCC=C3. The third-order valence-electron chi connectivity index (χ3n) is 13.8. The lowest BCUT2D eigenvalue weighted by molar-refractivity contribution is 0.409. The lowest BCUT2D eigenvalue weighted by atomic mass is 9.83. The van der Waals surface area contributed by atoms with Gasteiger partial charge >= 0.3 is 0 Å². The monoisotopic (exact) mass is 799 g/mol. The number of fused-ring (bicyclic) bond motifs is 9. The third-order valence-corrected chi connectivity index (χ3v) is 13.8. The van der Waals surface area contributed by atoms with Gasteiger partial charge in [0, 0.05) is 50.1 Å². The molecule has 0 amide bonds. The van der Waals surface area contributed by atoms with Gasteiger partial charge in [0.05, 0.1) is 16.4 Å². The van der Waals surface area contributed by atoms with Crippen molar-refractivity contribution in [2.75, 3.05) is 0 Å². The fraction of sp³-hybridized carbons (Fsp3) is 0.140. The molecule has 1 aliphatic heterocycles. The van der Waals surface area contributed by atoms with Gasteiger partial charge in [-0.25, -0.2) is 4.99 Å². The molecule has 5 aliphatic rings. The molecule has 0 radical (unpaired) electrons. The molecule has 62 heavy (non-hydrogen) atoms. The Balaban J connectivity index is 1.01. The van der Waals surface area contributed by atoms with Crippen LogP contribution in [0.1, 0.15) is 70.7 Å². The van der Waals surface area contributed by atoms with Crippen LogP contribution < -0.4 is 21.2 Å². The molecule has 0 fully saturated rings. The second-order valence-electron chi connectivity index (χ2n) is 17.4. The minimum atomic E-state index is -0.184. The molecule has 2 N–H and O–H groups in total. The number of allylic oxidation sites excluding steroid dienone is 6. The molecule has 298 valence electrons. The Morgan fingerprint density at radius 3 is 2.39 bits per heavy atom. The minimum Gasteiger partial charge on any atom is -0.350 e. The Morgan fingerprint density at radius 1 is 0.645 bits per heavy atom. The number of aromatic nitrogens is 2. The lowest BCUT2D eigenvalue weighted by Gasteiger charge is -2.32. The Bertz CT molecular complexity index is 3450. The van der Waals surface area contributed by atoms with E-state index in [9.17, 15) is 0 Å². The molecule has 4 aliphatic carbocycles. The summed E-state index contributed by atoms with van der Waals surface area (Å²) >= 11 is 0. The highest BCUT2D eigenvalue weighted by Gasteiger charge is 2.32. The van der Waals surface area contributed by atoms with Gasteiger partial charge in [0.2, 0.25) is 0 Å². The quantitative estimate of drug-likeness (QED) is 0.182. The first-order valence-corrected chi connectivity index (χ1v) is 22.2. The van der Waals surface area contributed by atoms with Crippen molar-refractivity contribution in [2.24, 2.45) is 10.9 Å². The van der Waals surface area contributed by atoms with Gasteiger partial charge in [-0.05, 0) is 113 Å². The van der Waals surface area contributed by atoms with E-state index in [4.69, 9.17) is 4.99 Å². The Labute approximate surface area is 360 Å². The van der Waals surface area contributed by atoms with Gasteiger partial charge in [0.25, 0.3) is 0 Å². The fourth-order valence-electron chi connectivity index (χ4n) is 10.9. The largest absolute Gasteiger partial charge is 0.350 e. The summed E-state index contributed by atoms with van der Waals surface area (Å²) in [5, 5.41) is 15.3. The van der Waals surface area contributed by atoms with E-state index in [2.05, 4.69) is 202 Å². The highest BCUT2D eigenvalue weighted by atomic mass is 15.3. The van der Waals surface area contributed by atoms with E-state index in [0.29, 0.717) is 0 Å². The molecule has 13 rings (SSSR count). The molecule has 8 aromatic rings. The summed E-state index contributed by atoms with van der Waals surface area (Å²) in [6.45, 7) is 0. The number of para-hydroxylation sites is 1. The van der Waals surface area contributed by atoms with E-state index in [-0.39, 0.29) is 18.2 Å². The maximum absolute atomic E-state index is 5.16. The summed E-state index contributed by atoms with van der Waals surface area (Å²) < 4.78 is 5.26. The van der Waals surface area contributed by atoms with Crippen LogP contribution in [-0.4, -0.2) is 15.0 Å². The number of hydrogen-bond donors (Lipinski definition) is 2. The van der Waals surface area contributed by atoms with Crippen LogP contribution in [0.4, 0.5) is 0 Å². The second kappa shape index (κ2) is 14.2. The molecule has 5 nitrogen and oxygen atoms in total. The van der Waals surface area contributed by atoms with Crippen LogP contribution in [0.2, 0.25) is 0 Å². The fourth-order valence-corrected chi connectivity index (χ4v) is 10.9. The summed E-state index contributed by atoms with van der Waals surface area (Å²) in [5.74, 6) is 1.14. The van der Waals surface area contributed by atoms with E-state index in [0.717, 1.165) is 49.1 Å². The second-order valence-corrected chi connectivity index (χ2v) is 17.4. The molecular formula is C57H45N5. The molecule has 0 bridgehead atoms. The van der Waals surface area contributed by atoms with E-state index in [1.807, 2.05) is 0 Å². The molecular weight excluding hydrogens is 755 g/mol. The van der Waals surface area contributed by atoms with Crippen LogP contribution in [0.3, 0.4) is 0 Å². The normalized spacial score (nSPS) is 19.9. The zero-order valence-corrected chi connectivity index (χ0v) is 34.4. The average Bonchev–Trinajstić information content (AvgIpc) is 3.84. The number of amidine groups is 1. The molecule has 0 saturated heterocycles. The van der Waals surface area contributed by atoms with Gasteiger partial charge < -0.3 is 14.5 Å². The minimum absolute atomic E-state index is 0.139. The van der Waals surface area contributed by atoms with Gasteiger partial charge in [0.1, 0.15) is 18.2 Å². The van der Waals surface area contributed by atoms with Gasteiger partial charge in [-0.15, -0.1) is 0 Å². The van der Waals surface area contributed by atoms with Crippen molar-refractivity contribution in [2.45, 2.75) is 44.4 Å². The predicted octanol–water partition coefficient (Wildman–Crippen LogP) is 10.9. The Hall–Kier alpha value is -7.21. The smallest absolute Gasteiger partial charge is 0.131 e. The van der Waals surface area contributed by atoms with E-state index < -0.39 is 0 Å². The molecule has 5 heteroatoms. The van der Waals surface area contributed by atoms with Gasteiger partial charge in [-0.2, -0.15) is 0 Å². The van der Waals surface area contributed by atoms with E-state index in [1.165, 1.54) is 88.1 Å². The summed E-state index contributed by atoms with van der Waals surface area (Å²) in [5.41, 5.74) is 15.5. The first kappa shape index (κ1) is 35.5. The van der Waals surface area contributed by atoms with Crippen LogP contribution in [0.5, 0.6) is 0 Å². The summed E-state index contributed by atoms with van der Waals surface area (Å²) in [7, 11) is 0. The standard InChI is InChI=1S/C57H45N5/c1-3-15-37(16-4-1)55-58-56(38-17-5-2-6-18-38)60-57(59-55)42-28-27-36-29-30-44(32-43(36)31-42)61-50-26-14-12-24-47(50)53-52(61)35-41-21-9-10-22-45(41)54(53)62-49-25-13-11-23-46(49)48-33-39-19-7-8-20-40(39)34-51(48)62/h1-7,9-13,15-19,21,23-25,27-35,45,55,57,59H,8,14,20,22,26H2,(H,58,60). The van der Waals surface area contributed by atoms with Crippen molar-refractivity contribution >= 4 is 62.3 Å². The summed E-state index contributed by atoms with van der Waals surface area (Å²) in [4.78, 5) is 5.16. The first-order valence-electron chi connectivity index (χ1n) is 22.2. The molecule has 0 saturated carbocycles. The van der Waals surface area contributed by atoms with E-state index in [1.54, 1.807) is 0 Å². The topological polar surface area (TPSA) is 46.3 Å². The first-order chi connectivity index (χ1) is 30.7. The maximum Gasteiger partial charge on any atom is 0.131 e. The zero-order chi connectivity index (χ0) is 40.7. The Kier molecular flexibility index (Phi) is 8.13. The number of rotatable bonds is 5. The Morgan fingerprint density at radius 2 is 1.47 bits per heavy atom. The van der Waals surface area contributed by atoms with Crippen LogP contribution in [0.25, 0.3) is 62.2 Å². The van der Waals surface area contributed by atoms with Gasteiger partial charge in [-0.1, -0.05) is 140 Å². The van der Waals surface area contributed by atoms with Crippen molar-refractivity contribution in [1.29, 1.82) is 0 Å². The maximum atomic E-state index is 5.16. The summed E-state index contributed by atoms with van der Waals surface area (Å²) in [6.07, 6.45) is 23.8.